The number of aliphatic carboxylic acids is 1. The van der Waals surface area contributed by atoms with E-state index in [-0.39, 0.29) is 23.3 Å². The normalized spacial score (nSPS) is 16.4. The summed E-state index contributed by atoms with van der Waals surface area (Å²) in [7, 11) is 3.60. The van der Waals surface area contributed by atoms with E-state index in [1.165, 1.54) is 11.8 Å². The van der Waals surface area contributed by atoms with Crippen molar-refractivity contribution in [3.8, 4) is 0 Å². The molecule has 11 nitrogen and oxygen atoms in total. The maximum atomic E-state index is 12.8. The van der Waals surface area contributed by atoms with Gasteiger partial charge in [-0.15, -0.1) is 0 Å². The molecule has 2 aromatic carbocycles. The number of carbonyl (C=O) groups is 4. The van der Waals surface area contributed by atoms with E-state index in [1.807, 2.05) is 25.1 Å². The van der Waals surface area contributed by atoms with Crippen LogP contribution in [0.5, 0.6) is 0 Å². The zero-order valence-corrected chi connectivity index (χ0v) is 26.8. The molecule has 1 aliphatic carbocycles. The highest BCUT2D eigenvalue weighted by molar-refractivity contribution is 8.18. The zero-order chi connectivity index (χ0) is 34.6. The number of fused-ring (bicyclic) bond motifs is 1. The zero-order valence-electron chi connectivity index (χ0n) is 25.2. The van der Waals surface area contributed by atoms with E-state index in [9.17, 15) is 32.7 Å². The number of nitrogens with zero attached hydrogens (tertiary/aromatic N) is 3. The molecule has 5 rings (SSSR count). The third kappa shape index (κ3) is 8.40. The van der Waals surface area contributed by atoms with E-state index in [0.29, 0.717) is 55.2 Å². The molecule has 0 bridgehead atoms. The number of anilines is 2. The summed E-state index contributed by atoms with van der Waals surface area (Å²) in [6, 6.07) is 10.6. The van der Waals surface area contributed by atoms with Crippen LogP contribution in [0.2, 0.25) is 5.02 Å². The van der Waals surface area contributed by atoms with Gasteiger partial charge in [-0.3, -0.25) is 14.6 Å². The fourth-order valence-electron chi connectivity index (χ4n) is 4.68. The van der Waals surface area contributed by atoms with Crippen LogP contribution in [0.3, 0.4) is 0 Å². The molecule has 2 fully saturated rings. The summed E-state index contributed by atoms with van der Waals surface area (Å²) < 4.78 is 31.7. The van der Waals surface area contributed by atoms with Crippen molar-refractivity contribution in [2.75, 3.05) is 24.3 Å². The van der Waals surface area contributed by atoms with E-state index in [0.717, 1.165) is 24.8 Å². The number of nitrogens with one attached hydrogen (secondary N) is 2. The predicted octanol–water partition coefficient (Wildman–Crippen LogP) is 6.48. The van der Waals surface area contributed by atoms with E-state index in [2.05, 4.69) is 20.6 Å². The lowest BCUT2D eigenvalue weighted by molar-refractivity contribution is -0.192. The lowest BCUT2D eigenvalue weighted by Gasteiger charge is -2.24. The van der Waals surface area contributed by atoms with Gasteiger partial charge in [-0.05, 0) is 73.0 Å². The van der Waals surface area contributed by atoms with Gasteiger partial charge in [-0.25, -0.2) is 14.6 Å². The molecular weight excluding hydrogens is 663 g/mol. The van der Waals surface area contributed by atoms with Crippen LogP contribution in [0.1, 0.15) is 47.8 Å². The molecule has 0 radical (unpaired) electrons. The molecule has 2 aliphatic rings. The molecule has 1 aromatic heterocycles. The molecule has 2 heterocycles. The Labute approximate surface area is 275 Å². The van der Waals surface area contributed by atoms with Gasteiger partial charge in [0.15, 0.2) is 5.17 Å². The molecule has 3 aromatic rings. The quantitative estimate of drug-likeness (QED) is 0.203. The van der Waals surface area contributed by atoms with Gasteiger partial charge in [0.1, 0.15) is 5.56 Å². The molecule has 4 N–H and O–H groups in total. The molecule has 0 unspecified atom stereocenters. The molecule has 47 heavy (non-hydrogen) atoms. The number of aromatic carboxylic acids is 1. The Balaban J connectivity index is 0.000000644. The second-order valence-corrected chi connectivity index (χ2v) is 12.1. The van der Waals surface area contributed by atoms with Gasteiger partial charge in [0.25, 0.3) is 5.91 Å². The Kier molecular flexibility index (Phi) is 10.8. The van der Waals surface area contributed by atoms with Gasteiger partial charge >= 0.3 is 18.1 Å². The summed E-state index contributed by atoms with van der Waals surface area (Å²) >= 11 is 7.53. The Morgan fingerprint density at radius 2 is 1.85 bits per heavy atom. The number of carboxylic acids is 2. The van der Waals surface area contributed by atoms with Gasteiger partial charge in [0.2, 0.25) is 5.91 Å². The second kappa shape index (κ2) is 14.4. The number of alkyl halides is 3. The van der Waals surface area contributed by atoms with Gasteiger partial charge in [0.05, 0.1) is 32.5 Å². The number of pyridine rings is 1. The SMILES string of the molecule is CCc1nc2ccc(C=C3SC(=Nc4cc(NC(=O)C5CCC5)ccc4Cl)NC3=O)cc2c(N(C)C)c1C(=O)O.O=C(O)C(F)(F)F. The minimum absolute atomic E-state index is 0.00894. The first-order chi connectivity index (χ1) is 22.1. The number of hydrogen-bond acceptors (Lipinski definition) is 8. The second-order valence-electron chi connectivity index (χ2n) is 10.7. The van der Waals surface area contributed by atoms with Crippen LogP contribution in [0.25, 0.3) is 17.0 Å². The molecule has 1 aliphatic heterocycles. The lowest BCUT2D eigenvalue weighted by Crippen LogP contribution is -2.27. The number of benzene rings is 2. The highest BCUT2D eigenvalue weighted by Crippen LogP contribution is 2.36. The molecule has 1 saturated heterocycles. The summed E-state index contributed by atoms with van der Waals surface area (Å²) in [6.07, 6.45) is 0.00389. The first-order valence-electron chi connectivity index (χ1n) is 14.2. The molecular formula is C31H29ClF3N5O6S. The van der Waals surface area contributed by atoms with Crippen LogP contribution in [0.4, 0.5) is 30.2 Å². The molecule has 0 atom stereocenters. The van der Waals surface area contributed by atoms with Crippen molar-refractivity contribution < 1.29 is 42.6 Å². The average molecular weight is 692 g/mol. The number of aryl methyl sites for hydroxylation is 1. The molecule has 16 heteroatoms. The highest BCUT2D eigenvalue weighted by Gasteiger charge is 2.38. The number of aromatic nitrogens is 1. The van der Waals surface area contributed by atoms with E-state index >= 15 is 0 Å². The van der Waals surface area contributed by atoms with Crippen molar-refractivity contribution in [3.05, 3.63) is 63.1 Å². The number of thioether (sulfide) groups is 1. The van der Waals surface area contributed by atoms with Crippen molar-refractivity contribution in [2.45, 2.75) is 38.8 Å². The number of rotatable bonds is 7. The minimum Gasteiger partial charge on any atom is -0.478 e. The summed E-state index contributed by atoms with van der Waals surface area (Å²) in [6.45, 7) is 1.88. The number of amides is 2. The van der Waals surface area contributed by atoms with Gasteiger partial charge in [-0.2, -0.15) is 13.2 Å². The van der Waals surface area contributed by atoms with Crippen LogP contribution >= 0.6 is 23.4 Å². The van der Waals surface area contributed by atoms with Crippen molar-refractivity contribution in [2.24, 2.45) is 10.9 Å². The number of carboxylic acid groups (broad SMARTS) is 2. The van der Waals surface area contributed by atoms with Crippen molar-refractivity contribution >= 4 is 86.3 Å². The number of halogens is 4. The maximum absolute atomic E-state index is 12.8. The van der Waals surface area contributed by atoms with Gasteiger partial charge in [0, 0.05) is 31.1 Å². The minimum atomic E-state index is -5.08. The molecule has 0 spiro atoms. The molecule has 2 amide bonds. The van der Waals surface area contributed by atoms with Crippen LogP contribution in [-0.4, -0.2) is 64.4 Å². The Hall–Kier alpha value is -4.63. The van der Waals surface area contributed by atoms with Crippen LogP contribution in [-0.2, 0) is 20.8 Å². The fourth-order valence-corrected chi connectivity index (χ4v) is 5.68. The number of amidine groups is 1. The van der Waals surface area contributed by atoms with Crippen molar-refractivity contribution in [1.29, 1.82) is 0 Å². The van der Waals surface area contributed by atoms with E-state index < -0.39 is 18.1 Å². The standard InChI is InChI=1S/C29H28ClN5O4S.C2HF3O2/c1-4-20-24(28(38)39)25(35(2)3)18-12-15(8-11-21(18)32-20)13-23-27(37)34-29(40-23)33-22-14-17(9-10-19(22)30)31-26(36)16-6-5-7-16;3-2(4,5)1(6)7/h8-14,16H,4-7H2,1-3H3,(H,31,36)(H,38,39)(H,33,34,37);(H,6,7). The van der Waals surface area contributed by atoms with E-state index in [1.54, 1.807) is 43.3 Å². The van der Waals surface area contributed by atoms with E-state index in [4.69, 9.17) is 21.5 Å². The number of carbonyl (C=O) groups excluding carboxylic acids is 2. The predicted molar refractivity (Wildman–Crippen MR) is 174 cm³/mol. The van der Waals surface area contributed by atoms with Crippen molar-refractivity contribution in [1.82, 2.24) is 10.3 Å². The number of aliphatic imine (C=N–C) groups is 1. The van der Waals surface area contributed by atoms with Gasteiger partial charge < -0.3 is 25.7 Å². The van der Waals surface area contributed by atoms with Gasteiger partial charge in [-0.1, -0.05) is 31.0 Å². The maximum Gasteiger partial charge on any atom is 0.490 e. The Bertz CT molecular complexity index is 1830. The summed E-state index contributed by atoms with van der Waals surface area (Å²) in [4.78, 5) is 57.4. The molecule has 1 saturated carbocycles. The third-order valence-corrected chi connectivity index (χ3v) is 8.38. The van der Waals surface area contributed by atoms with Crippen LogP contribution < -0.4 is 15.5 Å². The average Bonchev–Trinajstić information content (AvgIpc) is 3.30. The topological polar surface area (TPSA) is 161 Å². The van der Waals surface area contributed by atoms with Crippen LogP contribution in [0, 0.1) is 5.92 Å². The van der Waals surface area contributed by atoms with Crippen molar-refractivity contribution in [3.63, 3.8) is 0 Å². The summed E-state index contributed by atoms with van der Waals surface area (Å²) in [5, 5.41) is 24.1. The highest BCUT2D eigenvalue weighted by atomic mass is 35.5. The number of hydrogen-bond donors (Lipinski definition) is 4. The fraction of sp³-hybridized carbons (Fsp3) is 0.290. The Morgan fingerprint density at radius 1 is 1.17 bits per heavy atom. The summed E-state index contributed by atoms with van der Waals surface area (Å²) in [5.41, 5.74) is 3.69. The lowest BCUT2D eigenvalue weighted by atomic mass is 9.85. The smallest absolute Gasteiger partial charge is 0.478 e. The summed E-state index contributed by atoms with van der Waals surface area (Å²) in [5.74, 6) is -4.06. The largest absolute Gasteiger partial charge is 0.490 e. The first kappa shape index (κ1) is 35.2. The van der Waals surface area contributed by atoms with Crippen LogP contribution in [0.15, 0.2) is 46.3 Å². The third-order valence-electron chi connectivity index (χ3n) is 7.16. The first-order valence-corrected chi connectivity index (χ1v) is 15.4. The Morgan fingerprint density at radius 3 is 2.40 bits per heavy atom. The monoisotopic (exact) mass is 691 g/mol. The molecule has 248 valence electrons.